The fraction of sp³-hybridized carbons (Fsp3) is 0.200. The van der Waals surface area contributed by atoms with Gasteiger partial charge in [-0.3, -0.25) is 4.72 Å². The molecule has 3 N–H and O–H groups in total. The van der Waals surface area contributed by atoms with E-state index in [4.69, 9.17) is 5.73 Å². The number of aryl methyl sites for hydroxylation is 1. The van der Waals surface area contributed by atoms with Crippen molar-refractivity contribution >= 4 is 38.4 Å². The molecule has 0 aromatic carbocycles. The van der Waals surface area contributed by atoms with E-state index in [0.717, 1.165) is 9.75 Å². The first-order valence-corrected chi connectivity index (χ1v) is 8.11. The van der Waals surface area contributed by atoms with Crippen molar-refractivity contribution in [2.75, 3.05) is 4.72 Å². The van der Waals surface area contributed by atoms with Crippen LogP contribution >= 0.6 is 22.7 Å². The van der Waals surface area contributed by atoms with Crippen LogP contribution in [0.25, 0.3) is 0 Å². The first-order valence-electron chi connectivity index (χ1n) is 4.87. The van der Waals surface area contributed by atoms with Crippen LogP contribution in [0.2, 0.25) is 0 Å². The van der Waals surface area contributed by atoms with Gasteiger partial charge in [-0.2, -0.15) is 11.3 Å². The highest BCUT2D eigenvalue weighted by Crippen LogP contribution is 2.27. The summed E-state index contributed by atoms with van der Waals surface area (Å²) in [4.78, 5) is 1.94. The van der Waals surface area contributed by atoms with Gasteiger partial charge in [0.1, 0.15) is 4.90 Å². The number of thiophene rings is 2. The molecule has 0 bridgehead atoms. The fourth-order valence-corrected chi connectivity index (χ4v) is 4.65. The normalized spacial score (nSPS) is 11.6. The molecule has 0 aliphatic rings. The molecule has 2 aromatic rings. The van der Waals surface area contributed by atoms with Crippen LogP contribution in [0.15, 0.2) is 27.8 Å². The summed E-state index contributed by atoms with van der Waals surface area (Å²) in [5.41, 5.74) is 6.10. The quantitative estimate of drug-likeness (QED) is 0.907. The lowest BCUT2D eigenvalue weighted by Gasteiger charge is -2.04. The summed E-state index contributed by atoms with van der Waals surface area (Å²) in [7, 11) is -3.49. The zero-order valence-corrected chi connectivity index (χ0v) is 11.6. The van der Waals surface area contributed by atoms with Crippen LogP contribution < -0.4 is 10.5 Å². The van der Waals surface area contributed by atoms with E-state index in [1.807, 2.05) is 5.38 Å². The summed E-state index contributed by atoms with van der Waals surface area (Å²) >= 11 is 2.86. The highest BCUT2D eigenvalue weighted by atomic mass is 32.2. The molecule has 0 aliphatic carbocycles. The van der Waals surface area contributed by atoms with Crippen LogP contribution in [-0.4, -0.2) is 8.42 Å². The number of hydrogen-bond donors (Lipinski definition) is 2. The minimum absolute atomic E-state index is 0.314. The number of hydrogen-bond acceptors (Lipinski definition) is 5. The molecule has 0 spiro atoms. The second-order valence-corrected chi connectivity index (χ2v) is 7.23. The van der Waals surface area contributed by atoms with Crippen LogP contribution in [0.5, 0.6) is 0 Å². The van der Waals surface area contributed by atoms with Crippen LogP contribution in [-0.2, 0) is 16.6 Å². The summed E-state index contributed by atoms with van der Waals surface area (Å²) < 4.78 is 26.8. The smallest absolute Gasteiger partial charge is 0.263 e. The van der Waals surface area contributed by atoms with E-state index in [0.29, 0.717) is 17.1 Å². The van der Waals surface area contributed by atoms with E-state index >= 15 is 0 Å². The summed E-state index contributed by atoms with van der Waals surface area (Å²) in [6, 6.07) is 3.36. The molecule has 2 aromatic heterocycles. The molecule has 0 atom stereocenters. The van der Waals surface area contributed by atoms with Crippen molar-refractivity contribution in [1.82, 2.24) is 0 Å². The average Bonchev–Trinajstić information content (AvgIpc) is 2.86. The minimum atomic E-state index is -3.49. The van der Waals surface area contributed by atoms with E-state index in [9.17, 15) is 8.42 Å². The van der Waals surface area contributed by atoms with E-state index in [-0.39, 0.29) is 0 Å². The lowest BCUT2D eigenvalue weighted by Crippen LogP contribution is -2.12. The third-order valence-electron chi connectivity index (χ3n) is 2.19. The van der Waals surface area contributed by atoms with Crippen LogP contribution in [0.4, 0.5) is 5.69 Å². The van der Waals surface area contributed by atoms with Crippen molar-refractivity contribution in [2.24, 2.45) is 5.73 Å². The van der Waals surface area contributed by atoms with Crippen molar-refractivity contribution in [1.29, 1.82) is 0 Å². The third-order valence-corrected chi connectivity index (χ3v) is 5.58. The van der Waals surface area contributed by atoms with Gasteiger partial charge in [-0.1, -0.05) is 0 Å². The second-order valence-electron chi connectivity index (χ2n) is 3.45. The van der Waals surface area contributed by atoms with Crippen molar-refractivity contribution in [3.8, 4) is 0 Å². The molecule has 0 amide bonds. The lowest BCUT2D eigenvalue weighted by atomic mass is 10.4. The predicted molar refractivity (Wildman–Crippen MR) is 72.1 cm³/mol. The number of anilines is 1. The monoisotopic (exact) mass is 288 g/mol. The Labute approximate surface area is 108 Å². The lowest BCUT2D eigenvalue weighted by molar-refractivity contribution is 0.601. The largest absolute Gasteiger partial charge is 0.326 e. The Balaban J connectivity index is 2.34. The van der Waals surface area contributed by atoms with E-state index in [2.05, 4.69) is 4.72 Å². The molecule has 92 valence electrons. The van der Waals surface area contributed by atoms with Gasteiger partial charge in [-0.25, -0.2) is 8.42 Å². The number of sulfonamides is 1. The van der Waals surface area contributed by atoms with Crippen molar-refractivity contribution < 1.29 is 8.42 Å². The van der Waals surface area contributed by atoms with Gasteiger partial charge in [-0.15, -0.1) is 11.3 Å². The number of nitrogens with two attached hydrogens (primary N) is 1. The molecule has 0 fully saturated rings. The molecular weight excluding hydrogens is 276 g/mol. The molecule has 7 heteroatoms. The first kappa shape index (κ1) is 12.6. The zero-order chi connectivity index (χ0) is 12.5. The Morgan fingerprint density at radius 1 is 1.47 bits per heavy atom. The molecule has 0 aliphatic heterocycles. The highest BCUT2D eigenvalue weighted by Gasteiger charge is 2.19. The Hall–Kier alpha value is -0.890. The van der Waals surface area contributed by atoms with Crippen molar-refractivity contribution in [3.05, 3.63) is 32.6 Å². The third kappa shape index (κ3) is 2.68. The maximum atomic E-state index is 12.1. The van der Waals surface area contributed by atoms with Crippen LogP contribution in [0, 0.1) is 6.92 Å². The van der Waals surface area contributed by atoms with Crippen molar-refractivity contribution in [3.63, 3.8) is 0 Å². The van der Waals surface area contributed by atoms with E-state index in [1.54, 1.807) is 24.4 Å². The second kappa shape index (κ2) is 4.77. The van der Waals surface area contributed by atoms with Gasteiger partial charge in [0.05, 0.1) is 5.69 Å². The maximum absolute atomic E-state index is 12.1. The van der Waals surface area contributed by atoms with Crippen LogP contribution in [0.3, 0.4) is 0 Å². The van der Waals surface area contributed by atoms with E-state index < -0.39 is 10.0 Å². The molecule has 0 saturated heterocycles. The maximum Gasteiger partial charge on any atom is 0.263 e. The van der Waals surface area contributed by atoms with Gasteiger partial charge < -0.3 is 5.73 Å². The Bertz CT molecular complexity index is 600. The molecule has 17 heavy (non-hydrogen) atoms. The van der Waals surface area contributed by atoms with Gasteiger partial charge in [0.2, 0.25) is 0 Å². The molecule has 0 saturated carbocycles. The topological polar surface area (TPSA) is 72.2 Å². The summed E-state index contributed by atoms with van der Waals surface area (Å²) in [5.74, 6) is 0. The summed E-state index contributed by atoms with van der Waals surface area (Å²) in [6.45, 7) is 2.14. The molecule has 0 radical (unpaired) electrons. The minimum Gasteiger partial charge on any atom is -0.326 e. The Kier molecular flexibility index (Phi) is 3.53. The Morgan fingerprint density at radius 2 is 2.24 bits per heavy atom. The summed E-state index contributed by atoms with van der Waals surface area (Å²) in [6.07, 6.45) is 0. The number of nitrogens with one attached hydrogen (secondary N) is 1. The summed E-state index contributed by atoms with van der Waals surface area (Å²) in [5, 5.41) is 3.58. The molecule has 2 rings (SSSR count). The van der Waals surface area contributed by atoms with Gasteiger partial charge in [0.15, 0.2) is 0 Å². The van der Waals surface area contributed by atoms with Gasteiger partial charge in [0, 0.05) is 21.7 Å². The SMILES string of the molecule is Cc1sc(CN)cc1S(=O)(=O)Nc1ccsc1. The average molecular weight is 288 g/mol. The fourth-order valence-electron chi connectivity index (χ4n) is 1.42. The van der Waals surface area contributed by atoms with Crippen molar-refractivity contribution in [2.45, 2.75) is 18.4 Å². The van der Waals surface area contributed by atoms with Gasteiger partial charge >= 0.3 is 0 Å². The first-order chi connectivity index (χ1) is 8.03. The van der Waals surface area contributed by atoms with E-state index in [1.165, 1.54) is 22.7 Å². The van der Waals surface area contributed by atoms with Crippen LogP contribution in [0.1, 0.15) is 9.75 Å². The Morgan fingerprint density at radius 3 is 2.76 bits per heavy atom. The zero-order valence-electron chi connectivity index (χ0n) is 9.14. The highest BCUT2D eigenvalue weighted by molar-refractivity contribution is 7.93. The molecule has 2 heterocycles. The standard InChI is InChI=1S/C10H12N2O2S3/c1-7-10(4-9(5-11)16-7)17(13,14)12-8-2-3-15-6-8/h2-4,6,12H,5,11H2,1H3. The number of rotatable bonds is 4. The van der Waals surface area contributed by atoms with Gasteiger partial charge in [0.25, 0.3) is 10.0 Å². The molecular formula is C10H12N2O2S3. The molecule has 4 nitrogen and oxygen atoms in total. The predicted octanol–water partition coefficient (Wildman–Crippen LogP) is 2.38. The molecule has 0 unspecified atom stereocenters. The van der Waals surface area contributed by atoms with Gasteiger partial charge in [-0.05, 0) is 24.4 Å².